The van der Waals surface area contributed by atoms with E-state index in [0.29, 0.717) is 24.9 Å². The van der Waals surface area contributed by atoms with Crippen LogP contribution in [0.5, 0.6) is 0 Å². The van der Waals surface area contributed by atoms with Crippen molar-refractivity contribution in [3.05, 3.63) is 35.9 Å². The van der Waals surface area contributed by atoms with Gasteiger partial charge in [0.15, 0.2) is 0 Å². The van der Waals surface area contributed by atoms with Crippen molar-refractivity contribution >= 4 is 11.9 Å². The minimum Gasteiger partial charge on any atom is -0.393 e. The minimum atomic E-state index is -0.233. The monoisotopic (exact) mass is 496 g/mol. The molecule has 3 amide bonds. The number of carbonyl (C=O) groups is 2. The third kappa shape index (κ3) is 4.89. The van der Waals surface area contributed by atoms with Crippen molar-refractivity contribution in [3.8, 4) is 0 Å². The first-order valence-corrected chi connectivity index (χ1v) is 14.1. The van der Waals surface area contributed by atoms with E-state index >= 15 is 0 Å². The zero-order valence-corrected chi connectivity index (χ0v) is 22.1. The van der Waals surface area contributed by atoms with Crippen molar-refractivity contribution in [2.45, 2.75) is 81.4 Å². The fourth-order valence-corrected chi connectivity index (χ4v) is 7.23. The highest BCUT2D eigenvalue weighted by molar-refractivity contribution is 5.86. The highest BCUT2D eigenvalue weighted by Crippen LogP contribution is 2.49. The molecule has 1 aromatic rings. The Morgan fingerprint density at radius 1 is 1.06 bits per heavy atom. The lowest BCUT2D eigenvalue weighted by molar-refractivity contribution is -0.121. The third-order valence-electron chi connectivity index (χ3n) is 9.84. The molecule has 7 heteroatoms. The maximum atomic E-state index is 13.7. The Hall–Kier alpha value is -2.12. The summed E-state index contributed by atoms with van der Waals surface area (Å²) in [6, 6.07) is 10.9. The van der Waals surface area contributed by atoms with Crippen LogP contribution in [0.3, 0.4) is 0 Å². The second kappa shape index (κ2) is 10.3. The van der Waals surface area contributed by atoms with Gasteiger partial charge in [0.05, 0.1) is 11.6 Å². The molecule has 2 atom stereocenters. The molecule has 198 valence electrons. The van der Waals surface area contributed by atoms with Crippen molar-refractivity contribution in [2.24, 2.45) is 11.8 Å². The molecule has 0 bridgehead atoms. The SMILES string of the molecule is CN(C)C1(c2ccccc2)CCC2(CC1)CN(CC(=O)NCC1CCC(O)C1)C(=O)N2CC1CCC1. The molecule has 4 aliphatic rings. The molecule has 7 nitrogen and oxygen atoms in total. The summed E-state index contributed by atoms with van der Waals surface area (Å²) in [6.45, 7) is 2.20. The highest BCUT2D eigenvalue weighted by Gasteiger charge is 2.55. The Morgan fingerprint density at radius 2 is 1.78 bits per heavy atom. The second-order valence-corrected chi connectivity index (χ2v) is 12.2. The smallest absolute Gasteiger partial charge is 0.321 e. The Labute approximate surface area is 216 Å². The van der Waals surface area contributed by atoms with Crippen LogP contribution >= 0.6 is 0 Å². The number of hydrogen-bond donors (Lipinski definition) is 2. The van der Waals surface area contributed by atoms with Crippen LogP contribution in [0.2, 0.25) is 0 Å². The van der Waals surface area contributed by atoms with Crippen molar-refractivity contribution in [1.82, 2.24) is 20.0 Å². The quantitative estimate of drug-likeness (QED) is 0.577. The fraction of sp³-hybridized carbons (Fsp3) is 0.724. The van der Waals surface area contributed by atoms with E-state index in [9.17, 15) is 14.7 Å². The molecule has 36 heavy (non-hydrogen) atoms. The number of aliphatic hydroxyl groups excluding tert-OH is 1. The zero-order valence-electron chi connectivity index (χ0n) is 22.1. The Bertz CT molecular complexity index is 924. The van der Waals surface area contributed by atoms with Gasteiger partial charge in [-0.15, -0.1) is 0 Å². The zero-order chi connectivity index (χ0) is 25.3. The molecule has 1 heterocycles. The molecule has 2 N–H and O–H groups in total. The average molecular weight is 497 g/mol. The van der Waals surface area contributed by atoms with Crippen LogP contribution < -0.4 is 5.32 Å². The van der Waals surface area contributed by atoms with Gasteiger partial charge in [0.1, 0.15) is 6.54 Å². The molecule has 1 aromatic carbocycles. The van der Waals surface area contributed by atoms with Crippen LogP contribution in [-0.2, 0) is 10.3 Å². The second-order valence-electron chi connectivity index (χ2n) is 12.2. The molecule has 1 aliphatic heterocycles. The normalized spacial score (nSPS) is 32.9. The Morgan fingerprint density at radius 3 is 2.36 bits per heavy atom. The molecule has 0 aromatic heterocycles. The van der Waals surface area contributed by atoms with Crippen molar-refractivity contribution in [1.29, 1.82) is 0 Å². The number of nitrogens with zero attached hydrogens (tertiary/aromatic N) is 3. The van der Waals surface area contributed by atoms with Crippen LogP contribution in [0, 0.1) is 11.8 Å². The molecule has 4 fully saturated rings. The predicted octanol–water partition coefficient (Wildman–Crippen LogP) is 3.57. The van der Waals surface area contributed by atoms with E-state index in [-0.39, 0.29) is 35.7 Å². The van der Waals surface area contributed by atoms with E-state index in [4.69, 9.17) is 0 Å². The first kappa shape index (κ1) is 25.5. The lowest BCUT2D eigenvalue weighted by Crippen LogP contribution is -2.56. The Balaban J connectivity index is 1.28. The van der Waals surface area contributed by atoms with Crippen LogP contribution in [0.4, 0.5) is 4.79 Å². The van der Waals surface area contributed by atoms with Crippen LogP contribution in [0.25, 0.3) is 0 Å². The summed E-state index contributed by atoms with van der Waals surface area (Å²) in [6.07, 6.45) is 9.90. The third-order valence-corrected chi connectivity index (χ3v) is 9.84. The lowest BCUT2D eigenvalue weighted by atomic mass is 9.68. The number of carbonyl (C=O) groups excluding carboxylic acids is 2. The van der Waals surface area contributed by atoms with Gasteiger partial charge in [0, 0.05) is 25.2 Å². The largest absolute Gasteiger partial charge is 0.393 e. The maximum Gasteiger partial charge on any atom is 0.321 e. The number of aliphatic hydroxyl groups is 1. The molecule has 5 rings (SSSR count). The van der Waals surface area contributed by atoms with Gasteiger partial charge >= 0.3 is 6.03 Å². The Kier molecular flexibility index (Phi) is 7.32. The summed E-state index contributed by atoms with van der Waals surface area (Å²) in [5.41, 5.74) is 1.15. The van der Waals surface area contributed by atoms with E-state index in [1.807, 2.05) is 4.90 Å². The number of nitrogens with one attached hydrogen (secondary N) is 1. The molecule has 3 aliphatic carbocycles. The van der Waals surface area contributed by atoms with Gasteiger partial charge in [0.25, 0.3) is 0 Å². The number of amides is 3. The van der Waals surface area contributed by atoms with Crippen LogP contribution in [0.15, 0.2) is 30.3 Å². The standard InChI is InChI=1S/C29H44N4O3/c1-31(2)29(24-9-4-3-5-10-24)15-13-28(14-16-29)21-32(27(36)33(28)19-22-7-6-8-22)20-26(35)30-18-23-11-12-25(34)17-23/h3-5,9-10,22-23,25,34H,6-8,11-21H2,1-2H3,(H,30,35). The highest BCUT2D eigenvalue weighted by atomic mass is 16.3. The van der Waals surface area contributed by atoms with E-state index in [1.165, 1.54) is 24.8 Å². The average Bonchev–Trinajstić information content (AvgIpc) is 3.37. The number of rotatable bonds is 8. The summed E-state index contributed by atoms with van der Waals surface area (Å²) < 4.78 is 0. The number of urea groups is 1. The van der Waals surface area contributed by atoms with Gasteiger partial charge in [-0.2, -0.15) is 0 Å². The molecular formula is C29H44N4O3. The molecule has 2 unspecified atom stereocenters. The van der Waals surface area contributed by atoms with E-state index in [0.717, 1.165) is 51.5 Å². The van der Waals surface area contributed by atoms with Gasteiger partial charge in [-0.25, -0.2) is 4.79 Å². The van der Waals surface area contributed by atoms with Gasteiger partial charge in [-0.05, 0) is 89.3 Å². The van der Waals surface area contributed by atoms with Gasteiger partial charge < -0.3 is 20.2 Å². The molecule has 1 spiro atoms. The topological polar surface area (TPSA) is 76.1 Å². The van der Waals surface area contributed by atoms with E-state index in [1.54, 1.807) is 0 Å². The van der Waals surface area contributed by atoms with Gasteiger partial charge in [-0.3, -0.25) is 9.69 Å². The van der Waals surface area contributed by atoms with Crippen molar-refractivity contribution in [2.75, 3.05) is 40.3 Å². The van der Waals surface area contributed by atoms with Crippen molar-refractivity contribution in [3.63, 3.8) is 0 Å². The maximum absolute atomic E-state index is 13.7. The van der Waals surface area contributed by atoms with Crippen LogP contribution in [-0.4, -0.2) is 83.7 Å². The first-order chi connectivity index (χ1) is 17.3. The summed E-state index contributed by atoms with van der Waals surface area (Å²) >= 11 is 0. The molecule has 1 saturated heterocycles. The van der Waals surface area contributed by atoms with E-state index < -0.39 is 0 Å². The summed E-state index contributed by atoms with van der Waals surface area (Å²) in [5.74, 6) is 0.867. The van der Waals surface area contributed by atoms with Crippen molar-refractivity contribution < 1.29 is 14.7 Å². The summed E-state index contributed by atoms with van der Waals surface area (Å²) in [4.78, 5) is 32.9. The summed E-state index contributed by atoms with van der Waals surface area (Å²) in [5, 5.41) is 12.8. The molecular weight excluding hydrogens is 452 g/mol. The minimum absolute atomic E-state index is 0.0195. The summed E-state index contributed by atoms with van der Waals surface area (Å²) in [7, 11) is 4.35. The molecule has 3 saturated carbocycles. The van der Waals surface area contributed by atoms with E-state index in [2.05, 4.69) is 59.5 Å². The molecule has 0 radical (unpaired) electrons. The van der Waals surface area contributed by atoms with Gasteiger partial charge in [-0.1, -0.05) is 36.8 Å². The number of hydrogen-bond acceptors (Lipinski definition) is 4. The number of benzene rings is 1. The fourth-order valence-electron chi connectivity index (χ4n) is 7.23. The van der Waals surface area contributed by atoms with Gasteiger partial charge in [0.2, 0.25) is 5.91 Å². The lowest BCUT2D eigenvalue weighted by Gasteiger charge is -2.51. The van der Waals surface area contributed by atoms with Crippen LogP contribution in [0.1, 0.15) is 69.8 Å². The predicted molar refractivity (Wildman–Crippen MR) is 140 cm³/mol. The first-order valence-electron chi connectivity index (χ1n) is 14.1.